The van der Waals surface area contributed by atoms with E-state index in [-0.39, 0.29) is 16.2 Å². The molecule has 1 aromatic heterocycles. The van der Waals surface area contributed by atoms with Gasteiger partial charge < -0.3 is 4.52 Å². The molecule has 0 N–H and O–H groups in total. The molecule has 0 saturated carbocycles. The Morgan fingerprint density at radius 3 is 2.12 bits per heavy atom. The molecule has 0 aliphatic heterocycles. The molecule has 0 radical (unpaired) electrons. The molecule has 0 atom stereocenters. The van der Waals surface area contributed by atoms with Crippen molar-refractivity contribution < 1.29 is 21.7 Å². The number of rotatable bonds is 4. The minimum atomic E-state index is -3.36. The Labute approximate surface area is 137 Å². The molecule has 7 heteroatoms. The van der Waals surface area contributed by atoms with Crippen LogP contribution in [0.1, 0.15) is 12.2 Å². The molecule has 2 aromatic carbocycles. The van der Waals surface area contributed by atoms with Crippen LogP contribution >= 0.6 is 0 Å². The van der Waals surface area contributed by atoms with Crippen LogP contribution in [0.5, 0.6) is 0 Å². The van der Waals surface area contributed by atoms with Crippen molar-refractivity contribution in [1.29, 1.82) is 0 Å². The summed E-state index contributed by atoms with van der Waals surface area (Å²) in [5.41, 5.74) is 1.50. The van der Waals surface area contributed by atoms with Gasteiger partial charge in [0.15, 0.2) is 9.84 Å². The highest BCUT2D eigenvalue weighted by Crippen LogP contribution is 2.39. The van der Waals surface area contributed by atoms with Gasteiger partial charge in [-0.15, -0.1) is 0 Å². The first-order valence-electron chi connectivity index (χ1n) is 7.01. The SMILES string of the molecule is CS(=O)(=O)c1ccc(-c2c(-c3ccccc3)noc2C(F)F)cc1. The van der Waals surface area contributed by atoms with Gasteiger partial charge in [-0.2, -0.15) is 0 Å². The van der Waals surface area contributed by atoms with Gasteiger partial charge in [0, 0.05) is 11.8 Å². The van der Waals surface area contributed by atoms with E-state index in [0.29, 0.717) is 11.1 Å². The minimum Gasteiger partial charge on any atom is -0.354 e. The Bertz CT molecular complexity index is 949. The lowest BCUT2D eigenvalue weighted by molar-refractivity contribution is 0.113. The number of halogens is 2. The first-order valence-corrected chi connectivity index (χ1v) is 8.90. The molecule has 0 spiro atoms. The van der Waals surface area contributed by atoms with Gasteiger partial charge in [0.2, 0.25) is 5.76 Å². The van der Waals surface area contributed by atoms with Gasteiger partial charge in [0.05, 0.1) is 10.5 Å². The topological polar surface area (TPSA) is 60.2 Å². The highest BCUT2D eigenvalue weighted by Gasteiger charge is 2.25. The van der Waals surface area contributed by atoms with Crippen LogP contribution in [0.15, 0.2) is 64.0 Å². The molecule has 24 heavy (non-hydrogen) atoms. The smallest absolute Gasteiger partial charge is 0.298 e. The maximum absolute atomic E-state index is 13.3. The summed E-state index contributed by atoms with van der Waals surface area (Å²) in [4.78, 5) is 0.113. The van der Waals surface area contributed by atoms with E-state index in [0.717, 1.165) is 6.26 Å². The molecule has 0 aliphatic rings. The van der Waals surface area contributed by atoms with Crippen LogP contribution in [0.2, 0.25) is 0 Å². The Kier molecular flexibility index (Phi) is 4.19. The number of benzene rings is 2. The van der Waals surface area contributed by atoms with Crippen LogP contribution in [-0.4, -0.2) is 19.8 Å². The number of sulfone groups is 1. The Morgan fingerprint density at radius 1 is 0.958 bits per heavy atom. The Hall–Kier alpha value is -2.54. The average molecular weight is 349 g/mol. The number of nitrogens with zero attached hydrogens (tertiary/aromatic N) is 1. The molecule has 0 bridgehead atoms. The molecule has 0 unspecified atom stereocenters. The van der Waals surface area contributed by atoms with Crippen molar-refractivity contribution in [3.63, 3.8) is 0 Å². The Morgan fingerprint density at radius 2 is 1.58 bits per heavy atom. The van der Waals surface area contributed by atoms with E-state index >= 15 is 0 Å². The highest BCUT2D eigenvalue weighted by atomic mass is 32.2. The molecule has 124 valence electrons. The summed E-state index contributed by atoms with van der Waals surface area (Å²) in [6.45, 7) is 0. The first-order chi connectivity index (χ1) is 11.4. The van der Waals surface area contributed by atoms with Gasteiger partial charge in [-0.05, 0) is 17.7 Å². The molecule has 0 amide bonds. The summed E-state index contributed by atoms with van der Waals surface area (Å²) in [6.07, 6.45) is -1.75. The zero-order valence-corrected chi connectivity index (χ0v) is 13.4. The van der Waals surface area contributed by atoms with Crippen molar-refractivity contribution in [3.8, 4) is 22.4 Å². The van der Waals surface area contributed by atoms with E-state index in [2.05, 4.69) is 5.16 Å². The maximum atomic E-state index is 13.3. The van der Waals surface area contributed by atoms with E-state index in [1.165, 1.54) is 24.3 Å². The van der Waals surface area contributed by atoms with Crippen LogP contribution in [0.25, 0.3) is 22.4 Å². The fraction of sp³-hybridized carbons (Fsp3) is 0.118. The summed E-state index contributed by atoms with van der Waals surface area (Å²) in [7, 11) is -3.36. The summed E-state index contributed by atoms with van der Waals surface area (Å²) in [5.74, 6) is -0.541. The number of aromatic nitrogens is 1. The van der Waals surface area contributed by atoms with Crippen LogP contribution in [0.4, 0.5) is 8.78 Å². The van der Waals surface area contributed by atoms with Gasteiger partial charge in [-0.25, -0.2) is 17.2 Å². The van der Waals surface area contributed by atoms with Crippen molar-refractivity contribution in [2.45, 2.75) is 11.3 Å². The third kappa shape index (κ3) is 3.07. The molecule has 1 heterocycles. The van der Waals surface area contributed by atoms with Gasteiger partial charge in [-0.1, -0.05) is 47.6 Å². The normalized spacial score (nSPS) is 11.8. The standard InChI is InChI=1S/C17H13F2NO3S/c1-24(21,22)13-9-7-11(8-10-13)14-15(12-5-3-2-4-6-12)20-23-16(14)17(18)19/h2-10,17H,1H3. The molecular formula is C17H13F2NO3S. The molecular weight excluding hydrogens is 336 g/mol. The molecule has 0 aliphatic carbocycles. The summed E-state index contributed by atoms with van der Waals surface area (Å²) < 4.78 is 54.5. The van der Waals surface area contributed by atoms with Crippen LogP contribution in [0, 0.1) is 0 Å². The fourth-order valence-electron chi connectivity index (χ4n) is 2.39. The fourth-order valence-corrected chi connectivity index (χ4v) is 3.02. The van der Waals surface area contributed by atoms with E-state index < -0.39 is 22.0 Å². The maximum Gasteiger partial charge on any atom is 0.298 e. The van der Waals surface area contributed by atoms with Crippen LogP contribution < -0.4 is 0 Å². The molecule has 3 rings (SSSR count). The summed E-state index contributed by atoms with van der Waals surface area (Å²) in [6, 6.07) is 14.5. The number of hydrogen-bond acceptors (Lipinski definition) is 4. The van der Waals surface area contributed by atoms with Crippen molar-refractivity contribution in [3.05, 3.63) is 60.4 Å². The summed E-state index contributed by atoms with van der Waals surface area (Å²) in [5, 5.41) is 3.78. The molecule has 0 fully saturated rings. The predicted molar refractivity (Wildman–Crippen MR) is 85.4 cm³/mol. The highest BCUT2D eigenvalue weighted by molar-refractivity contribution is 7.90. The lowest BCUT2D eigenvalue weighted by atomic mass is 9.99. The van der Waals surface area contributed by atoms with Gasteiger partial charge in [0.25, 0.3) is 6.43 Å². The quantitative estimate of drug-likeness (QED) is 0.702. The van der Waals surface area contributed by atoms with Crippen molar-refractivity contribution >= 4 is 9.84 Å². The molecule has 0 saturated heterocycles. The number of alkyl halides is 2. The minimum absolute atomic E-state index is 0.113. The van der Waals surface area contributed by atoms with Crippen molar-refractivity contribution in [2.24, 2.45) is 0 Å². The van der Waals surface area contributed by atoms with Gasteiger partial charge in [0.1, 0.15) is 5.69 Å². The zero-order chi connectivity index (χ0) is 17.3. The van der Waals surface area contributed by atoms with E-state index in [9.17, 15) is 17.2 Å². The third-order valence-electron chi connectivity index (χ3n) is 3.54. The number of hydrogen-bond donors (Lipinski definition) is 0. The van der Waals surface area contributed by atoms with Gasteiger partial charge >= 0.3 is 0 Å². The summed E-state index contributed by atoms with van der Waals surface area (Å²) >= 11 is 0. The lowest BCUT2D eigenvalue weighted by Crippen LogP contribution is -1.96. The van der Waals surface area contributed by atoms with E-state index in [1.54, 1.807) is 30.3 Å². The first kappa shape index (κ1) is 16.3. The van der Waals surface area contributed by atoms with Crippen LogP contribution in [-0.2, 0) is 9.84 Å². The predicted octanol–water partition coefficient (Wildman–Crippen LogP) is 4.35. The van der Waals surface area contributed by atoms with Gasteiger partial charge in [-0.3, -0.25) is 0 Å². The third-order valence-corrected chi connectivity index (χ3v) is 4.66. The zero-order valence-electron chi connectivity index (χ0n) is 12.6. The van der Waals surface area contributed by atoms with E-state index in [1.807, 2.05) is 0 Å². The monoisotopic (exact) mass is 349 g/mol. The average Bonchev–Trinajstić information content (AvgIpc) is 3.00. The Balaban J connectivity index is 2.17. The second-order valence-corrected chi connectivity index (χ2v) is 7.25. The molecule has 3 aromatic rings. The van der Waals surface area contributed by atoms with E-state index in [4.69, 9.17) is 4.52 Å². The van der Waals surface area contributed by atoms with Crippen molar-refractivity contribution in [2.75, 3.05) is 6.26 Å². The largest absolute Gasteiger partial charge is 0.354 e. The van der Waals surface area contributed by atoms with Crippen molar-refractivity contribution in [1.82, 2.24) is 5.16 Å². The second-order valence-electron chi connectivity index (χ2n) is 5.23. The molecule has 4 nitrogen and oxygen atoms in total. The van der Waals surface area contributed by atoms with Crippen LogP contribution in [0.3, 0.4) is 0 Å². The second kappa shape index (κ2) is 6.16. The lowest BCUT2D eigenvalue weighted by Gasteiger charge is -2.06.